The minimum absolute atomic E-state index is 0.106. The number of likely N-dealkylation sites (N-methyl/N-ethyl adjacent to an activating group) is 1. The number of aliphatic hydroxyl groups excluding tert-OH is 1. The average molecular weight is 384 g/mol. The number of hydrogen-bond donors (Lipinski definition) is 1. The second kappa shape index (κ2) is 8.94. The Hall–Kier alpha value is -1.48. The zero-order chi connectivity index (χ0) is 19.3. The van der Waals surface area contributed by atoms with Gasteiger partial charge in [0.15, 0.2) is 0 Å². The molecule has 1 aliphatic heterocycles. The van der Waals surface area contributed by atoms with Gasteiger partial charge in [0.25, 0.3) is 5.91 Å². The Morgan fingerprint density at radius 3 is 2.58 bits per heavy atom. The second-order valence-electron chi connectivity index (χ2n) is 6.74. The molecule has 146 valence electrons. The van der Waals surface area contributed by atoms with Crippen molar-refractivity contribution in [1.82, 2.24) is 9.21 Å². The molecule has 7 nitrogen and oxygen atoms in total. The van der Waals surface area contributed by atoms with Crippen LogP contribution in [0.2, 0.25) is 0 Å². The third-order valence-electron chi connectivity index (χ3n) is 4.58. The molecule has 0 saturated carbocycles. The van der Waals surface area contributed by atoms with Crippen LogP contribution in [0.5, 0.6) is 0 Å². The first-order valence-electron chi connectivity index (χ1n) is 8.80. The van der Waals surface area contributed by atoms with E-state index in [4.69, 9.17) is 4.74 Å². The molecule has 1 aliphatic rings. The van der Waals surface area contributed by atoms with Crippen LogP contribution in [0.1, 0.15) is 35.2 Å². The predicted octanol–water partition coefficient (Wildman–Crippen LogP) is 1.25. The van der Waals surface area contributed by atoms with Gasteiger partial charge in [-0.3, -0.25) is 4.79 Å². The molecule has 0 radical (unpaired) electrons. The summed E-state index contributed by atoms with van der Waals surface area (Å²) in [7, 11) is -0.547. The highest BCUT2D eigenvalue weighted by atomic mass is 32.2. The summed E-state index contributed by atoms with van der Waals surface area (Å²) in [6.07, 6.45) is 1.96. The molecule has 0 unspecified atom stereocenters. The molecule has 2 rings (SSSR count). The number of rotatable bonds is 7. The Morgan fingerprint density at radius 1 is 1.31 bits per heavy atom. The molecule has 1 N–H and O–H groups in total. The number of benzene rings is 1. The third-order valence-corrected chi connectivity index (χ3v) is 6.48. The largest absolute Gasteiger partial charge is 0.389 e. The second-order valence-corrected chi connectivity index (χ2v) is 8.67. The van der Waals surface area contributed by atoms with Crippen LogP contribution in [0.4, 0.5) is 0 Å². The van der Waals surface area contributed by atoms with Gasteiger partial charge in [0.05, 0.1) is 17.6 Å². The number of nitrogens with zero attached hydrogens (tertiary/aromatic N) is 2. The highest BCUT2D eigenvalue weighted by molar-refractivity contribution is 7.89. The van der Waals surface area contributed by atoms with Crippen molar-refractivity contribution in [3.63, 3.8) is 0 Å². The van der Waals surface area contributed by atoms with Crippen molar-refractivity contribution in [2.45, 2.75) is 37.2 Å². The van der Waals surface area contributed by atoms with Gasteiger partial charge in [-0.15, -0.1) is 0 Å². The molecule has 0 aliphatic carbocycles. The lowest BCUT2D eigenvalue weighted by molar-refractivity contribution is 0.0380. The van der Waals surface area contributed by atoms with Crippen molar-refractivity contribution in [2.24, 2.45) is 0 Å². The van der Waals surface area contributed by atoms with E-state index in [-0.39, 0.29) is 24.0 Å². The van der Waals surface area contributed by atoms with E-state index in [9.17, 15) is 18.3 Å². The molecule has 1 amide bonds. The number of methoxy groups -OCH3 is 1. The predicted molar refractivity (Wildman–Crippen MR) is 98.6 cm³/mol. The van der Waals surface area contributed by atoms with E-state index in [1.54, 1.807) is 26.1 Å². The molecule has 1 atom stereocenters. The maximum Gasteiger partial charge on any atom is 0.253 e. The zero-order valence-electron chi connectivity index (χ0n) is 15.6. The standard InChI is InChI=1S/C18H28N2O5S/c1-14-7-8-16(26(23,24)20-9-5-4-6-10-20)11-17(14)18(22)19(2)12-15(21)13-25-3/h7-8,11,15,21H,4-6,9-10,12-13H2,1-3H3/t15-/m0/s1. The molecule has 1 heterocycles. The van der Waals surface area contributed by atoms with Gasteiger partial charge in [-0.05, 0) is 37.5 Å². The van der Waals surface area contributed by atoms with E-state index >= 15 is 0 Å². The number of sulfonamides is 1. The zero-order valence-corrected chi connectivity index (χ0v) is 16.5. The van der Waals surface area contributed by atoms with E-state index in [0.29, 0.717) is 24.2 Å². The van der Waals surface area contributed by atoms with E-state index in [2.05, 4.69) is 0 Å². The molecule has 1 aromatic rings. The molecule has 0 aromatic heterocycles. The molecule has 0 bridgehead atoms. The van der Waals surface area contributed by atoms with Crippen LogP contribution in [0.15, 0.2) is 23.1 Å². The Kier molecular flexibility index (Phi) is 7.16. The quantitative estimate of drug-likeness (QED) is 0.764. The van der Waals surface area contributed by atoms with Gasteiger partial charge in [0.1, 0.15) is 0 Å². The van der Waals surface area contributed by atoms with Crippen LogP contribution in [0, 0.1) is 6.92 Å². The van der Waals surface area contributed by atoms with Crippen LogP contribution in [0.3, 0.4) is 0 Å². The number of aryl methyl sites for hydroxylation is 1. The first-order chi connectivity index (χ1) is 12.3. The summed E-state index contributed by atoms with van der Waals surface area (Å²) < 4.78 is 32.1. The smallest absolute Gasteiger partial charge is 0.253 e. The van der Waals surface area contributed by atoms with E-state index in [0.717, 1.165) is 19.3 Å². The van der Waals surface area contributed by atoms with E-state index in [1.165, 1.54) is 22.4 Å². The Bertz CT molecular complexity index is 729. The number of aliphatic hydroxyl groups is 1. The molecule has 1 fully saturated rings. The number of piperidine rings is 1. The van der Waals surface area contributed by atoms with E-state index in [1.807, 2.05) is 0 Å². The van der Waals surface area contributed by atoms with Crippen LogP contribution in [-0.2, 0) is 14.8 Å². The Morgan fingerprint density at radius 2 is 1.96 bits per heavy atom. The number of carbonyl (C=O) groups excluding carboxylic acids is 1. The number of amides is 1. The molecule has 1 saturated heterocycles. The summed E-state index contributed by atoms with van der Waals surface area (Å²) in [5.74, 6) is -0.326. The fourth-order valence-electron chi connectivity index (χ4n) is 3.10. The lowest BCUT2D eigenvalue weighted by Crippen LogP contribution is -2.37. The summed E-state index contributed by atoms with van der Waals surface area (Å²) in [6.45, 7) is 3.03. The van der Waals surface area contributed by atoms with Gasteiger partial charge in [-0.2, -0.15) is 4.31 Å². The minimum atomic E-state index is -3.60. The molecular weight excluding hydrogens is 356 g/mol. The molecular formula is C18H28N2O5S. The van der Waals surface area contributed by atoms with Crippen LogP contribution >= 0.6 is 0 Å². The first-order valence-corrected chi connectivity index (χ1v) is 10.2. The number of carbonyl (C=O) groups is 1. The van der Waals surface area contributed by atoms with Gasteiger partial charge in [0.2, 0.25) is 10.0 Å². The van der Waals surface area contributed by atoms with Gasteiger partial charge in [0, 0.05) is 39.4 Å². The van der Waals surface area contributed by atoms with Gasteiger partial charge < -0.3 is 14.7 Å². The number of hydrogen-bond acceptors (Lipinski definition) is 5. The molecule has 0 spiro atoms. The van der Waals surface area contributed by atoms with Gasteiger partial charge in [-0.1, -0.05) is 12.5 Å². The highest BCUT2D eigenvalue weighted by Gasteiger charge is 2.27. The number of ether oxygens (including phenoxy) is 1. The van der Waals surface area contributed by atoms with Crippen LogP contribution < -0.4 is 0 Å². The minimum Gasteiger partial charge on any atom is -0.389 e. The fraction of sp³-hybridized carbons (Fsp3) is 0.611. The van der Waals surface area contributed by atoms with Crippen molar-refractivity contribution < 1.29 is 23.1 Å². The van der Waals surface area contributed by atoms with Crippen LogP contribution in [-0.4, -0.2) is 75.1 Å². The fourth-order valence-corrected chi connectivity index (χ4v) is 4.64. The molecule has 1 aromatic carbocycles. The monoisotopic (exact) mass is 384 g/mol. The summed E-state index contributed by atoms with van der Waals surface area (Å²) in [6, 6.07) is 4.65. The SMILES string of the molecule is COC[C@@H](O)CN(C)C(=O)c1cc(S(=O)(=O)N2CCCCC2)ccc1C. The summed E-state index contributed by atoms with van der Waals surface area (Å²) in [4.78, 5) is 14.2. The van der Waals surface area contributed by atoms with Gasteiger partial charge in [-0.25, -0.2) is 8.42 Å². The van der Waals surface area contributed by atoms with Crippen molar-refractivity contribution in [3.8, 4) is 0 Å². The van der Waals surface area contributed by atoms with Crippen LogP contribution in [0.25, 0.3) is 0 Å². The first kappa shape index (κ1) is 20.8. The van der Waals surface area contributed by atoms with Crippen molar-refractivity contribution >= 4 is 15.9 Å². The topological polar surface area (TPSA) is 87.1 Å². The van der Waals surface area contributed by atoms with Gasteiger partial charge >= 0.3 is 0 Å². The average Bonchev–Trinajstić information content (AvgIpc) is 2.62. The molecule has 26 heavy (non-hydrogen) atoms. The Balaban J connectivity index is 2.24. The van der Waals surface area contributed by atoms with Crippen molar-refractivity contribution in [1.29, 1.82) is 0 Å². The summed E-state index contributed by atoms with van der Waals surface area (Å²) in [5.41, 5.74) is 1.02. The lowest BCUT2D eigenvalue weighted by Gasteiger charge is -2.26. The maximum atomic E-state index is 12.9. The van der Waals surface area contributed by atoms with Crippen molar-refractivity contribution in [3.05, 3.63) is 29.3 Å². The Labute approximate surface area is 155 Å². The maximum absolute atomic E-state index is 12.9. The van der Waals surface area contributed by atoms with Crippen molar-refractivity contribution in [2.75, 3.05) is 40.4 Å². The third kappa shape index (κ3) is 4.82. The molecule has 8 heteroatoms. The normalized spacial score (nSPS) is 17.1. The lowest BCUT2D eigenvalue weighted by atomic mass is 10.1. The van der Waals surface area contributed by atoms with E-state index < -0.39 is 16.1 Å². The summed E-state index contributed by atoms with van der Waals surface area (Å²) >= 11 is 0. The summed E-state index contributed by atoms with van der Waals surface area (Å²) in [5, 5.41) is 9.82. The highest BCUT2D eigenvalue weighted by Crippen LogP contribution is 2.23.